The minimum atomic E-state index is -0.731. The Balaban J connectivity index is 2.44. The van der Waals surface area contributed by atoms with Crippen LogP contribution < -0.4 is 11.1 Å². The van der Waals surface area contributed by atoms with Gasteiger partial charge in [-0.2, -0.15) is 0 Å². The van der Waals surface area contributed by atoms with Crippen LogP contribution in [0.5, 0.6) is 0 Å². The van der Waals surface area contributed by atoms with E-state index in [1.54, 1.807) is 6.92 Å². The molecule has 1 fully saturated rings. The minimum absolute atomic E-state index is 0.0712. The molecule has 5 heteroatoms. The van der Waals surface area contributed by atoms with Crippen molar-refractivity contribution in [1.29, 1.82) is 0 Å². The van der Waals surface area contributed by atoms with Crippen LogP contribution >= 0.6 is 12.2 Å². The number of rotatable bonds is 5. The monoisotopic (exact) mass is 258 g/mol. The second-order valence-corrected chi connectivity index (χ2v) is 5.28. The van der Waals surface area contributed by atoms with Gasteiger partial charge in [0.2, 0.25) is 5.91 Å². The van der Waals surface area contributed by atoms with Gasteiger partial charge in [-0.1, -0.05) is 19.1 Å². The van der Waals surface area contributed by atoms with Crippen molar-refractivity contribution >= 4 is 23.1 Å². The van der Waals surface area contributed by atoms with E-state index in [1.807, 2.05) is 6.92 Å². The number of amides is 1. The van der Waals surface area contributed by atoms with Crippen molar-refractivity contribution in [2.24, 2.45) is 17.1 Å². The molecule has 1 rings (SSSR count). The summed E-state index contributed by atoms with van der Waals surface area (Å²) in [4.78, 5) is 12.3. The molecule has 98 valence electrons. The van der Waals surface area contributed by atoms with E-state index in [9.17, 15) is 4.79 Å². The highest BCUT2D eigenvalue weighted by Gasteiger charge is 2.34. The fraction of sp³-hybridized carbons (Fsp3) is 0.833. The number of hydrogen-bond donors (Lipinski definition) is 2. The Morgan fingerprint density at radius 3 is 2.82 bits per heavy atom. The molecular weight excluding hydrogens is 236 g/mol. The molecule has 0 aliphatic carbocycles. The smallest absolute Gasteiger partial charge is 0.232 e. The topological polar surface area (TPSA) is 64.3 Å². The summed E-state index contributed by atoms with van der Waals surface area (Å²) >= 11 is 4.97. The van der Waals surface area contributed by atoms with Gasteiger partial charge in [0.25, 0.3) is 0 Å². The summed E-state index contributed by atoms with van der Waals surface area (Å²) in [6.07, 6.45) is 2.80. The van der Waals surface area contributed by atoms with Crippen LogP contribution in [0.3, 0.4) is 0 Å². The number of thiocarbonyl (C=S) groups is 1. The molecule has 0 radical (unpaired) electrons. The van der Waals surface area contributed by atoms with E-state index in [0.717, 1.165) is 26.1 Å². The highest BCUT2D eigenvalue weighted by molar-refractivity contribution is 7.80. The Morgan fingerprint density at radius 1 is 1.65 bits per heavy atom. The van der Waals surface area contributed by atoms with Crippen LogP contribution in [-0.4, -0.2) is 30.7 Å². The lowest BCUT2D eigenvalue weighted by Crippen LogP contribution is -2.48. The average Bonchev–Trinajstić information content (AvgIpc) is 2.35. The molecule has 2 atom stereocenters. The van der Waals surface area contributed by atoms with Gasteiger partial charge in [-0.3, -0.25) is 4.79 Å². The lowest BCUT2D eigenvalue weighted by molar-refractivity contribution is -0.127. The molecular formula is C12H22N2O2S. The molecule has 0 aromatic heterocycles. The number of nitrogens with two attached hydrogens (primary N) is 1. The van der Waals surface area contributed by atoms with E-state index < -0.39 is 5.41 Å². The lowest BCUT2D eigenvalue weighted by Gasteiger charge is -2.28. The van der Waals surface area contributed by atoms with Crippen LogP contribution in [0.4, 0.5) is 0 Å². The van der Waals surface area contributed by atoms with Crippen molar-refractivity contribution in [1.82, 2.24) is 5.32 Å². The van der Waals surface area contributed by atoms with Gasteiger partial charge in [0.05, 0.1) is 17.0 Å². The van der Waals surface area contributed by atoms with Gasteiger partial charge < -0.3 is 15.8 Å². The Labute approximate surface area is 108 Å². The largest absolute Gasteiger partial charge is 0.392 e. The number of hydrogen-bond acceptors (Lipinski definition) is 3. The summed E-state index contributed by atoms with van der Waals surface area (Å²) in [5.41, 5.74) is 4.91. The summed E-state index contributed by atoms with van der Waals surface area (Å²) in [5.74, 6) is 0.346. The maximum Gasteiger partial charge on any atom is 0.232 e. The van der Waals surface area contributed by atoms with Gasteiger partial charge in [-0.15, -0.1) is 0 Å². The summed E-state index contributed by atoms with van der Waals surface area (Å²) in [6, 6.07) is 0. The van der Waals surface area contributed by atoms with E-state index in [0.29, 0.717) is 18.9 Å². The van der Waals surface area contributed by atoms with Gasteiger partial charge in [-0.05, 0) is 32.1 Å². The van der Waals surface area contributed by atoms with Crippen molar-refractivity contribution < 1.29 is 9.53 Å². The molecule has 0 saturated carbocycles. The zero-order valence-corrected chi connectivity index (χ0v) is 11.4. The maximum atomic E-state index is 12.1. The summed E-state index contributed by atoms with van der Waals surface area (Å²) in [6.45, 7) is 5.93. The van der Waals surface area contributed by atoms with Crippen molar-refractivity contribution in [3.63, 3.8) is 0 Å². The van der Waals surface area contributed by atoms with E-state index in [1.165, 1.54) is 0 Å². The van der Waals surface area contributed by atoms with Crippen molar-refractivity contribution in [3.05, 3.63) is 0 Å². The van der Waals surface area contributed by atoms with E-state index in [4.69, 9.17) is 22.7 Å². The maximum absolute atomic E-state index is 12.1. The molecule has 4 nitrogen and oxygen atoms in total. The predicted molar refractivity (Wildman–Crippen MR) is 71.7 cm³/mol. The van der Waals surface area contributed by atoms with Crippen LogP contribution in [-0.2, 0) is 9.53 Å². The molecule has 1 aliphatic heterocycles. The third-order valence-corrected chi connectivity index (χ3v) is 4.01. The second-order valence-electron chi connectivity index (χ2n) is 4.84. The van der Waals surface area contributed by atoms with E-state index in [2.05, 4.69) is 5.32 Å². The zero-order chi connectivity index (χ0) is 12.9. The van der Waals surface area contributed by atoms with E-state index in [-0.39, 0.29) is 10.9 Å². The van der Waals surface area contributed by atoms with Crippen LogP contribution in [0.2, 0.25) is 0 Å². The highest BCUT2D eigenvalue weighted by Crippen LogP contribution is 2.22. The molecule has 0 spiro atoms. The molecule has 1 aliphatic rings. The molecule has 0 bridgehead atoms. The van der Waals surface area contributed by atoms with Crippen molar-refractivity contribution in [2.75, 3.05) is 19.8 Å². The summed E-state index contributed by atoms with van der Waals surface area (Å²) < 4.78 is 5.37. The normalized spacial score (nSPS) is 23.8. The van der Waals surface area contributed by atoms with Gasteiger partial charge in [0.1, 0.15) is 0 Å². The van der Waals surface area contributed by atoms with Crippen LogP contribution in [0.15, 0.2) is 0 Å². The summed E-state index contributed by atoms with van der Waals surface area (Å²) in [7, 11) is 0. The first-order chi connectivity index (χ1) is 8.00. The molecule has 0 aromatic carbocycles. The SMILES string of the molecule is CCC(C)(C(=O)NCC1CCCOC1)C(N)=S. The zero-order valence-electron chi connectivity index (χ0n) is 10.6. The van der Waals surface area contributed by atoms with Crippen molar-refractivity contribution in [3.8, 4) is 0 Å². The van der Waals surface area contributed by atoms with Gasteiger partial charge in [-0.25, -0.2) is 0 Å². The molecule has 1 saturated heterocycles. The van der Waals surface area contributed by atoms with Gasteiger partial charge >= 0.3 is 0 Å². The average molecular weight is 258 g/mol. The second kappa shape index (κ2) is 6.31. The molecule has 0 aromatic rings. The fourth-order valence-electron chi connectivity index (χ4n) is 1.85. The molecule has 3 N–H and O–H groups in total. The lowest BCUT2D eigenvalue weighted by atomic mass is 9.86. The molecule has 1 heterocycles. The van der Waals surface area contributed by atoms with Crippen LogP contribution in [0.1, 0.15) is 33.1 Å². The molecule has 17 heavy (non-hydrogen) atoms. The highest BCUT2D eigenvalue weighted by atomic mass is 32.1. The summed E-state index contributed by atoms with van der Waals surface area (Å²) in [5, 5.41) is 2.94. The third-order valence-electron chi connectivity index (χ3n) is 3.56. The Morgan fingerprint density at radius 2 is 2.35 bits per heavy atom. The molecule has 1 amide bonds. The third kappa shape index (κ3) is 3.64. The molecule has 2 unspecified atom stereocenters. The predicted octanol–water partition coefficient (Wildman–Crippen LogP) is 1.23. The number of nitrogens with one attached hydrogen (secondary N) is 1. The first-order valence-electron chi connectivity index (χ1n) is 6.16. The van der Waals surface area contributed by atoms with E-state index >= 15 is 0 Å². The fourth-order valence-corrected chi connectivity index (χ4v) is 2.08. The Bertz CT molecular complexity index is 290. The van der Waals surface area contributed by atoms with Gasteiger partial charge in [0, 0.05) is 13.2 Å². The van der Waals surface area contributed by atoms with Gasteiger partial charge in [0.15, 0.2) is 0 Å². The van der Waals surface area contributed by atoms with Crippen molar-refractivity contribution in [2.45, 2.75) is 33.1 Å². The number of carbonyl (C=O) groups excluding carboxylic acids is 1. The first-order valence-corrected chi connectivity index (χ1v) is 6.57. The number of carbonyl (C=O) groups is 1. The van der Waals surface area contributed by atoms with Crippen LogP contribution in [0.25, 0.3) is 0 Å². The Kier molecular flexibility index (Phi) is 5.33. The van der Waals surface area contributed by atoms with Crippen LogP contribution in [0, 0.1) is 11.3 Å². The Hall–Kier alpha value is -0.680. The standard InChI is InChI=1S/C12H22N2O2S/c1-3-12(2,10(13)17)11(15)14-7-9-5-4-6-16-8-9/h9H,3-8H2,1-2H3,(H2,13,17)(H,14,15). The first kappa shape index (κ1) is 14.4. The minimum Gasteiger partial charge on any atom is -0.392 e. The number of ether oxygens (including phenoxy) is 1. The quantitative estimate of drug-likeness (QED) is 0.728.